The summed E-state index contributed by atoms with van der Waals surface area (Å²) >= 11 is 0. The van der Waals surface area contributed by atoms with Crippen LogP contribution in [0.25, 0.3) is 0 Å². The van der Waals surface area contributed by atoms with Gasteiger partial charge in [-0.05, 0) is 61.9 Å². The third-order valence-corrected chi connectivity index (χ3v) is 15.6. The molecule has 28 nitrogen and oxygen atoms in total. The van der Waals surface area contributed by atoms with Crippen molar-refractivity contribution in [3.63, 3.8) is 0 Å². The van der Waals surface area contributed by atoms with Crippen molar-refractivity contribution in [2.75, 3.05) is 138 Å². The Morgan fingerprint density at radius 1 is 0.641 bits per heavy atom. The number of hydrogen-bond acceptors (Lipinski definition) is 17. The van der Waals surface area contributed by atoms with E-state index in [-0.39, 0.29) is 109 Å². The van der Waals surface area contributed by atoms with Crippen molar-refractivity contribution in [3.05, 3.63) is 95.1 Å². The van der Waals surface area contributed by atoms with Gasteiger partial charge in [0.15, 0.2) is 12.2 Å². The molecule has 3 aromatic carbocycles. The summed E-state index contributed by atoms with van der Waals surface area (Å²) in [6, 6.07) is 15.3. The zero-order valence-corrected chi connectivity index (χ0v) is 52.2. The number of halogens is 2. The Kier molecular flexibility index (Phi) is 32.7. The molecular formula is C62H90F2N14O14. The number of ether oxygens (including phenoxy) is 1. The number of aldehydes is 1. The number of benzene rings is 3. The van der Waals surface area contributed by atoms with Gasteiger partial charge in [-0.15, -0.1) is 0 Å². The number of phenols is 1. The molecule has 0 radical (unpaired) electrons. The first-order chi connectivity index (χ1) is 44.2. The van der Waals surface area contributed by atoms with E-state index in [1.807, 2.05) is 9.80 Å². The largest absolute Gasteiger partial charge is 0.508 e. The molecule has 92 heavy (non-hydrogen) atoms. The molecule has 3 aromatic rings. The number of nitrogens with one attached hydrogen (secondary N) is 6. The van der Waals surface area contributed by atoms with E-state index in [0.29, 0.717) is 114 Å². The third-order valence-electron chi connectivity index (χ3n) is 15.6. The van der Waals surface area contributed by atoms with E-state index >= 15 is 0 Å². The van der Waals surface area contributed by atoms with Crippen LogP contribution in [0.4, 0.5) is 13.6 Å². The molecule has 12 N–H and O–H groups in total. The quantitative estimate of drug-likeness (QED) is 0.0166. The lowest BCUT2D eigenvalue weighted by molar-refractivity contribution is -0.140. The van der Waals surface area contributed by atoms with Gasteiger partial charge in [0.25, 0.3) is 0 Å². The van der Waals surface area contributed by atoms with Crippen LogP contribution in [-0.2, 0) is 44.9 Å². The molecule has 2 unspecified atom stereocenters. The van der Waals surface area contributed by atoms with Gasteiger partial charge in [0.2, 0.25) is 23.6 Å². The van der Waals surface area contributed by atoms with Crippen LogP contribution in [0.15, 0.2) is 71.7 Å². The number of hydrogen-bond donors (Lipinski definition) is 11. The van der Waals surface area contributed by atoms with Crippen LogP contribution in [0.2, 0.25) is 0 Å². The van der Waals surface area contributed by atoms with Gasteiger partial charge >= 0.3 is 23.9 Å². The molecule has 0 spiro atoms. The first kappa shape index (κ1) is 74.3. The lowest BCUT2D eigenvalue weighted by atomic mass is 9.90. The van der Waals surface area contributed by atoms with E-state index in [0.717, 1.165) is 19.3 Å². The van der Waals surface area contributed by atoms with Gasteiger partial charge in [0, 0.05) is 142 Å². The van der Waals surface area contributed by atoms with Crippen molar-refractivity contribution in [2.45, 2.75) is 83.0 Å². The summed E-state index contributed by atoms with van der Waals surface area (Å²) in [7, 11) is 0. The summed E-state index contributed by atoms with van der Waals surface area (Å²) in [6.45, 7) is 7.08. The lowest BCUT2D eigenvalue weighted by Gasteiger charge is -2.35. The van der Waals surface area contributed by atoms with Gasteiger partial charge in [0.05, 0.1) is 32.2 Å². The molecule has 0 bridgehead atoms. The van der Waals surface area contributed by atoms with Gasteiger partial charge < -0.3 is 67.2 Å². The Bertz CT molecular complexity index is 2840. The number of urea groups is 1. The van der Waals surface area contributed by atoms with Gasteiger partial charge in [-0.1, -0.05) is 55.8 Å². The van der Waals surface area contributed by atoms with Crippen molar-refractivity contribution in [3.8, 4) is 11.5 Å². The highest BCUT2D eigenvalue weighted by atomic mass is 19.1. The molecule has 0 aromatic heterocycles. The Morgan fingerprint density at radius 3 is 1.78 bits per heavy atom. The zero-order chi connectivity index (χ0) is 66.8. The highest BCUT2D eigenvalue weighted by Crippen LogP contribution is 2.28. The van der Waals surface area contributed by atoms with E-state index in [9.17, 15) is 72.4 Å². The van der Waals surface area contributed by atoms with E-state index < -0.39 is 83.4 Å². The maximum Gasteiger partial charge on any atom is 0.344 e. The number of aromatic hydroxyl groups is 1. The fraction of sp³-hybridized carbons (Fsp3) is 0.548. The number of rotatable bonds is 35. The Balaban J connectivity index is 1.06. The Labute approximate surface area is 534 Å². The predicted molar refractivity (Wildman–Crippen MR) is 335 cm³/mol. The maximum absolute atomic E-state index is 14.7. The van der Waals surface area contributed by atoms with E-state index in [1.54, 1.807) is 76.2 Å². The van der Waals surface area contributed by atoms with Crippen LogP contribution in [0.5, 0.6) is 11.5 Å². The van der Waals surface area contributed by atoms with Crippen LogP contribution in [0.3, 0.4) is 0 Å². The van der Waals surface area contributed by atoms with Gasteiger partial charge in [-0.3, -0.25) is 63.4 Å². The number of aliphatic imine (C=N–C) groups is 1. The van der Waals surface area contributed by atoms with Crippen molar-refractivity contribution in [1.82, 2.24) is 61.3 Å². The highest BCUT2D eigenvalue weighted by molar-refractivity contribution is 5.93. The minimum Gasteiger partial charge on any atom is -0.508 e. The fourth-order valence-electron chi connectivity index (χ4n) is 10.5. The minimum atomic E-state index is -1.23. The summed E-state index contributed by atoms with van der Waals surface area (Å²) in [6.07, 6.45) is 3.69. The molecule has 5 rings (SSSR count). The number of carbonyl (C=O) groups excluding carboxylic acids is 6. The maximum atomic E-state index is 14.7. The molecular weight excluding hydrogens is 1200 g/mol. The summed E-state index contributed by atoms with van der Waals surface area (Å²) in [5.41, 5.74) is 6.60. The second kappa shape index (κ2) is 40.4. The number of nitrogens with zero attached hydrogens (tertiary/aromatic N) is 7. The van der Waals surface area contributed by atoms with Crippen molar-refractivity contribution < 1.29 is 77.1 Å². The number of aliphatic carboxylic acids is 3. The summed E-state index contributed by atoms with van der Waals surface area (Å²) in [5.74, 6) is -7.90. The normalized spacial score (nSPS) is 16.2. The Hall–Kier alpha value is -8.42. The predicted octanol–water partition coefficient (Wildman–Crippen LogP) is 0.587. The molecule has 30 heteroatoms. The van der Waals surface area contributed by atoms with Gasteiger partial charge in [0.1, 0.15) is 35.3 Å². The number of carbonyl (C=O) groups is 9. The number of carboxylic acid groups (broad SMARTS) is 3. The van der Waals surface area contributed by atoms with Crippen molar-refractivity contribution in [2.24, 2.45) is 10.7 Å². The molecule has 2 aliphatic heterocycles. The number of piperazine rings is 1. The van der Waals surface area contributed by atoms with E-state index in [1.165, 1.54) is 0 Å². The third kappa shape index (κ3) is 27.6. The number of phenolic OH excluding ortho intramolecular Hbond substituents is 1. The van der Waals surface area contributed by atoms with E-state index in [2.05, 4.69) is 41.8 Å². The van der Waals surface area contributed by atoms with Crippen molar-refractivity contribution >= 4 is 59.8 Å². The molecule has 2 heterocycles. The van der Waals surface area contributed by atoms with Crippen LogP contribution >= 0.6 is 0 Å². The number of carboxylic acids is 3. The molecule has 0 aliphatic carbocycles. The fourth-order valence-corrected chi connectivity index (χ4v) is 10.5. The molecule has 2 fully saturated rings. The van der Waals surface area contributed by atoms with E-state index in [4.69, 9.17) is 10.5 Å². The summed E-state index contributed by atoms with van der Waals surface area (Å²) in [5, 5.41) is 54.7. The second-order valence-corrected chi connectivity index (χ2v) is 22.4. The van der Waals surface area contributed by atoms with Crippen LogP contribution in [0, 0.1) is 11.6 Å². The lowest BCUT2D eigenvalue weighted by Crippen LogP contribution is -2.54. The zero-order valence-electron chi connectivity index (χ0n) is 52.2. The standard InChI is InChI=1S/C62H90F2N14O14/c1-2-53(81)67-21-22-69-62(91)72-61(65)68-20-9-13-51(59(89)70-39-48-49(63)37-46(80)38-50(48)64)71-60(90)58(44-11-5-3-6-12-44)45-15-17-47(18-16-45)92-36-10-23-73-28-34-78(35-29-73)54(82)14-7-4-8-19-66-52(43-79)77-32-30-75(41-56(85)86)26-24-74(40-55(83)84)25-27-76(31-33-77)42-57(87)88/h3,5-6,11-12,15-18,37-38,43,51-52,58,66,80H,2,4,7-10,13-14,19-36,39-42H2,1H3,(H,67,81)(H,70,89)(H,71,90)(H,83,84)(H,85,86)(H,87,88)(H4,65,68,69,72,91)/t51-,52?,58?/m1/s1. The average Bonchev–Trinajstić information content (AvgIpc) is 0.998. The summed E-state index contributed by atoms with van der Waals surface area (Å²) in [4.78, 5) is 127. The monoisotopic (exact) mass is 1290 g/mol. The van der Waals surface area contributed by atoms with Crippen molar-refractivity contribution in [1.29, 1.82) is 0 Å². The van der Waals surface area contributed by atoms with Crippen LogP contribution < -0.4 is 42.4 Å². The molecule has 3 atom stereocenters. The number of nitrogens with two attached hydrogens (primary N) is 1. The van der Waals surface area contributed by atoms with Gasteiger partial charge in [-0.2, -0.15) is 4.99 Å². The molecule has 6 amide bonds. The first-order valence-electron chi connectivity index (χ1n) is 31.1. The molecule has 0 saturated carbocycles. The topological polar surface area (TPSA) is 374 Å². The first-order valence-corrected chi connectivity index (χ1v) is 31.1. The number of unbranched alkanes of at least 4 members (excludes halogenated alkanes) is 2. The van der Waals surface area contributed by atoms with Gasteiger partial charge in [-0.25, -0.2) is 13.6 Å². The van der Waals surface area contributed by atoms with Crippen LogP contribution in [0.1, 0.15) is 80.9 Å². The smallest absolute Gasteiger partial charge is 0.344 e. The SMILES string of the molecule is CCC(=O)NCCNC(=O)/N=C(/N)NCCC[C@@H](NC(=O)C(c1ccccc1)c1ccc(OCCCN2CCN(C(=O)CCCCCNC(C=O)N3CCN(CC(=O)O)CCN(CC(=O)O)CCN(CC(=O)O)CC3)CC2)cc1)C(=O)NCc1c(F)cc(O)cc1F. The molecule has 506 valence electrons. The second-order valence-electron chi connectivity index (χ2n) is 22.4. The van der Waals surface area contributed by atoms with Crippen LogP contribution in [-0.4, -0.2) is 259 Å². The molecule has 2 aliphatic rings. The number of guanidine groups is 1. The minimum absolute atomic E-state index is 0.00509. The summed E-state index contributed by atoms with van der Waals surface area (Å²) < 4.78 is 35.4. The number of amides is 6. The average molecular weight is 1290 g/mol. The molecule has 2 saturated heterocycles. The highest BCUT2D eigenvalue weighted by Gasteiger charge is 2.30. The Morgan fingerprint density at radius 2 is 1.21 bits per heavy atom.